The van der Waals surface area contributed by atoms with E-state index < -0.39 is 47.7 Å². The summed E-state index contributed by atoms with van der Waals surface area (Å²) in [7, 11) is -3.42. The van der Waals surface area contributed by atoms with E-state index in [2.05, 4.69) is 4.65 Å². The van der Waals surface area contributed by atoms with Crippen LogP contribution in [0.2, 0.25) is 0 Å². The average molecular weight is 517 g/mol. The zero-order chi connectivity index (χ0) is 26.6. The van der Waals surface area contributed by atoms with Gasteiger partial charge in [0, 0.05) is 42.7 Å². The normalized spacial score (nSPS) is 17.1. The van der Waals surface area contributed by atoms with E-state index in [1.165, 1.54) is 0 Å². The Balaban J connectivity index is 1.69. The molecule has 1 N–H and O–H groups in total. The molecule has 1 aromatic carbocycles. The molecule has 0 unspecified atom stereocenters. The maximum Gasteiger partial charge on any atom is 0.798 e. The second-order valence-corrected chi connectivity index (χ2v) is 9.29. The molecule has 2 aromatic rings. The summed E-state index contributed by atoms with van der Waals surface area (Å²) >= 11 is 0. The summed E-state index contributed by atoms with van der Waals surface area (Å²) in [6.45, 7) is 3.42. The zero-order valence-corrected chi connectivity index (χ0v) is 19.3. The predicted octanol–water partition coefficient (Wildman–Crippen LogP) is 3.76. The van der Waals surface area contributed by atoms with Gasteiger partial charge in [0.15, 0.2) is 0 Å². The van der Waals surface area contributed by atoms with Crippen LogP contribution in [0.4, 0.5) is 31.9 Å². The molecular formula is C22H22BF6N3O4. The van der Waals surface area contributed by atoms with Crippen LogP contribution in [-0.4, -0.2) is 49.7 Å². The predicted molar refractivity (Wildman–Crippen MR) is 119 cm³/mol. The van der Waals surface area contributed by atoms with Crippen LogP contribution >= 0.6 is 0 Å². The number of pyridine rings is 1. The number of hydrogen-bond donors (Lipinski definition) is 1. The number of halogens is 6. The van der Waals surface area contributed by atoms with Crippen molar-refractivity contribution < 1.29 is 40.4 Å². The molecule has 2 aliphatic rings. The van der Waals surface area contributed by atoms with Gasteiger partial charge in [0.1, 0.15) is 11.4 Å². The lowest BCUT2D eigenvalue weighted by Gasteiger charge is -2.52. The molecule has 2 heterocycles. The zero-order valence-electron chi connectivity index (χ0n) is 19.3. The van der Waals surface area contributed by atoms with E-state index in [0.29, 0.717) is 30.3 Å². The fraction of sp³-hybridized carbons (Fsp3) is 0.500. The summed E-state index contributed by atoms with van der Waals surface area (Å²) in [4.78, 5) is 37.8. The molecule has 0 spiro atoms. The maximum absolute atomic E-state index is 15.3. The van der Waals surface area contributed by atoms with Crippen LogP contribution in [-0.2, 0) is 9.45 Å². The molecule has 1 saturated carbocycles. The molecule has 1 aliphatic heterocycles. The van der Waals surface area contributed by atoms with Crippen molar-refractivity contribution >= 4 is 35.9 Å². The third kappa shape index (κ3) is 4.64. The lowest BCUT2D eigenvalue weighted by atomic mass is 9.76. The van der Waals surface area contributed by atoms with Gasteiger partial charge in [-0.2, -0.15) is 13.2 Å². The number of aryl methyl sites for hydroxylation is 1. The minimum absolute atomic E-state index is 0.119. The Morgan fingerprint density at radius 2 is 1.89 bits per heavy atom. The molecule has 0 atom stereocenters. The van der Waals surface area contributed by atoms with Gasteiger partial charge in [-0.3, -0.25) is 9.59 Å². The highest BCUT2D eigenvalue weighted by Gasteiger charge is 2.46. The van der Waals surface area contributed by atoms with E-state index in [-0.39, 0.29) is 36.7 Å². The molecule has 4 rings (SSSR count). The van der Waals surface area contributed by atoms with Crippen molar-refractivity contribution in [3.63, 3.8) is 0 Å². The first-order valence-electron chi connectivity index (χ1n) is 11.2. The van der Waals surface area contributed by atoms with Crippen molar-refractivity contribution in [1.29, 1.82) is 0 Å². The van der Waals surface area contributed by atoms with Gasteiger partial charge in [-0.15, -0.1) is 0 Å². The second-order valence-electron chi connectivity index (χ2n) is 9.29. The third-order valence-corrected chi connectivity index (χ3v) is 6.83. The number of hydrogen-bond acceptors (Lipinski definition) is 5. The van der Waals surface area contributed by atoms with Crippen LogP contribution in [0.5, 0.6) is 0 Å². The van der Waals surface area contributed by atoms with Crippen molar-refractivity contribution in [2.75, 3.05) is 24.5 Å². The number of alkyl halides is 3. The number of nitrogens with one attached hydrogen (secondary N) is 1. The Hall–Kier alpha value is -3.19. The lowest BCUT2D eigenvalue weighted by molar-refractivity contribution is -0.174. The van der Waals surface area contributed by atoms with E-state index in [1.54, 1.807) is 23.3 Å². The Bertz CT molecular complexity index is 1290. The molecule has 36 heavy (non-hydrogen) atoms. The molecule has 2 fully saturated rings. The average Bonchev–Trinajstić information content (AvgIpc) is 3.59. The molecule has 1 saturated heterocycles. The van der Waals surface area contributed by atoms with E-state index in [4.69, 9.17) is 0 Å². The maximum atomic E-state index is 15.3. The van der Waals surface area contributed by atoms with Crippen molar-refractivity contribution in [3.8, 4) is 0 Å². The van der Waals surface area contributed by atoms with Gasteiger partial charge in [-0.25, -0.2) is 17.8 Å². The number of anilines is 1. The Morgan fingerprint density at radius 1 is 1.25 bits per heavy atom. The van der Waals surface area contributed by atoms with Gasteiger partial charge in [0.2, 0.25) is 5.43 Å². The number of carbonyl (C=O) groups is 2. The highest BCUT2D eigenvalue weighted by Crippen LogP contribution is 2.43. The largest absolute Gasteiger partial charge is 0.798 e. The molecule has 0 radical (unpaired) electrons. The molecule has 7 nitrogen and oxygen atoms in total. The molecule has 14 heteroatoms. The fourth-order valence-corrected chi connectivity index (χ4v) is 4.74. The van der Waals surface area contributed by atoms with Crippen LogP contribution < -0.4 is 15.6 Å². The molecule has 194 valence electrons. The van der Waals surface area contributed by atoms with Crippen LogP contribution in [0.15, 0.2) is 17.1 Å². The van der Waals surface area contributed by atoms with Crippen molar-refractivity contribution in [2.45, 2.75) is 45.3 Å². The van der Waals surface area contributed by atoms with E-state index in [0.717, 1.165) is 12.3 Å². The van der Waals surface area contributed by atoms with Crippen molar-refractivity contribution in [1.82, 2.24) is 9.88 Å². The smallest absolute Gasteiger partial charge is 0.474 e. The number of benzene rings is 1. The van der Waals surface area contributed by atoms with E-state index in [1.807, 2.05) is 5.32 Å². The third-order valence-electron chi connectivity index (χ3n) is 6.83. The Labute approximate surface area is 201 Å². The minimum atomic E-state index is -5.01. The van der Waals surface area contributed by atoms with Crippen LogP contribution in [0.25, 0.3) is 10.9 Å². The highest BCUT2D eigenvalue weighted by atomic mass is 19.4. The van der Waals surface area contributed by atoms with Gasteiger partial charge >= 0.3 is 25.5 Å². The lowest BCUT2D eigenvalue weighted by Crippen LogP contribution is -2.62. The van der Waals surface area contributed by atoms with Crippen LogP contribution in [0.3, 0.4) is 0 Å². The summed E-state index contributed by atoms with van der Waals surface area (Å²) < 4.78 is 83.6. The van der Waals surface area contributed by atoms with Crippen LogP contribution in [0.1, 0.15) is 48.1 Å². The summed E-state index contributed by atoms with van der Waals surface area (Å²) in [5, 5.41) is 1.73. The first kappa shape index (κ1) is 25.9. The van der Waals surface area contributed by atoms with Gasteiger partial charge in [0.25, 0.3) is 0 Å². The van der Waals surface area contributed by atoms with E-state index >= 15 is 4.39 Å². The molecule has 0 bridgehead atoms. The molecular weight excluding hydrogens is 495 g/mol. The molecule has 1 amide bonds. The minimum Gasteiger partial charge on any atom is -0.474 e. The summed E-state index contributed by atoms with van der Waals surface area (Å²) in [6, 6.07) is 0.821. The van der Waals surface area contributed by atoms with Crippen molar-refractivity contribution in [2.24, 2.45) is 5.41 Å². The van der Waals surface area contributed by atoms with E-state index in [9.17, 15) is 36.2 Å². The molecule has 1 aliphatic carbocycles. The quantitative estimate of drug-likeness (QED) is 0.447. The van der Waals surface area contributed by atoms with Gasteiger partial charge in [0.05, 0.1) is 11.2 Å². The number of rotatable bonds is 7. The highest BCUT2D eigenvalue weighted by molar-refractivity contribution is 6.38. The van der Waals surface area contributed by atoms with Gasteiger partial charge in [-0.1, -0.05) is 6.92 Å². The van der Waals surface area contributed by atoms with Crippen molar-refractivity contribution in [3.05, 3.63) is 39.4 Å². The summed E-state index contributed by atoms with van der Waals surface area (Å²) in [6.07, 6.45) is -2.02. The monoisotopic (exact) mass is 517 g/mol. The molecule has 1 aromatic heterocycles. The SMILES string of the molecule is CCC1(CNC(=O)C(F)(F)F)CN(c2c(F)cc3c(=O)c(C(=O)OB(F)F)cn(C4CC4)c3c2C)C1. The first-order chi connectivity index (χ1) is 16.8. The topological polar surface area (TPSA) is 80.6 Å². The second kappa shape index (κ2) is 9.04. The standard InChI is InChI=1S/C22H22BF6N3O4/c1-3-21(8-30-20(35)22(25,26)27)9-31(10-21)17-11(2)16-13(6-15(17)24)18(33)14(19(34)36-23(28)29)7-32(16)12-4-5-12/h6-7,12H,3-5,8-10H2,1-2H3,(H,30,35). The fourth-order valence-electron chi connectivity index (χ4n) is 4.74. The van der Waals surface area contributed by atoms with Gasteiger partial charge < -0.3 is 19.4 Å². The summed E-state index contributed by atoms with van der Waals surface area (Å²) in [5.74, 6) is -4.36. The Morgan fingerprint density at radius 3 is 2.42 bits per heavy atom. The Kier molecular flexibility index (Phi) is 6.50. The first-order valence-corrected chi connectivity index (χ1v) is 11.2. The number of nitrogens with zero attached hydrogens (tertiary/aromatic N) is 2. The number of aromatic nitrogens is 1. The summed E-state index contributed by atoms with van der Waals surface area (Å²) in [5.41, 5.74) is -1.42. The number of amides is 1. The number of carbonyl (C=O) groups excluding carboxylic acids is 2. The van der Waals surface area contributed by atoms with Crippen LogP contribution in [0, 0.1) is 18.2 Å². The number of fused-ring (bicyclic) bond motifs is 1. The van der Waals surface area contributed by atoms with Gasteiger partial charge in [-0.05, 0) is 37.8 Å².